The highest BCUT2D eigenvalue weighted by atomic mass is 16.3. The summed E-state index contributed by atoms with van der Waals surface area (Å²) in [5, 5.41) is 43.4. The summed E-state index contributed by atoms with van der Waals surface area (Å²) in [6, 6.07) is -0.977. The SMILES string of the molecule is CCCCCCCCCCC[C@@H](O)[C@@H](O)[C@H](CO)NC(=O)[C@H](O)CCCCCCCCCCCCCCCCCCCCC(C)C. The highest BCUT2D eigenvalue weighted by Crippen LogP contribution is 2.17. The summed E-state index contributed by atoms with van der Waals surface area (Å²) in [5.74, 6) is 0.275. The van der Waals surface area contributed by atoms with Gasteiger partial charge in [0.1, 0.15) is 12.2 Å². The summed E-state index contributed by atoms with van der Waals surface area (Å²) in [6.07, 6.45) is 32.8. The van der Waals surface area contributed by atoms with E-state index >= 15 is 0 Å². The molecule has 0 saturated heterocycles. The van der Waals surface area contributed by atoms with Crippen LogP contribution in [0.15, 0.2) is 0 Å². The van der Waals surface area contributed by atoms with Crippen LogP contribution in [0.25, 0.3) is 0 Å². The van der Waals surface area contributed by atoms with Crippen molar-refractivity contribution in [2.45, 2.75) is 238 Å². The molecule has 0 aromatic rings. The molecule has 0 heterocycles. The van der Waals surface area contributed by atoms with Crippen LogP contribution in [0.3, 0.4) is 0 Å². The Morgan fingerprint density at radius 1 is 0.500 bits per heavy atom. The zero-order chi connectivity index (χ0) is 34.1. The molecule has 1 amide bonds. The van der Waals surface area contributed by atoms with Gasteiger partial charge in [-0.2, -0.15) is 0 Å². The molecule has 0 aliphatic rings. The third kappa shape index (κ3) is 29.4. The van der Waals surface area contributed by atoms with Crippen LogP contribution in [0.1, 0.15) is 213 Å². The van der Waals surface area contributed by atoms with Gasteiger partial charge in [-0.25, -0.2) is 0 Å². The van der Waals surface area contributed by atoms with Crippen LogP contribution in [-0.4, -0.2) is 57.3 Å². The van der Waals surface area contributed by atoms with Crippen molar-refractivity contribution >= 4 is 5.91 Å². The number of carbonyl (C=O) groups is 1. The summed E-state index contributed by atoms with van der Waals surface area (Å²) in [5.41, 5.74) is 0. The topological polar surface area (TPSA) is 110 Å². The molecule has 0 aromatic carbocycles. The number of aliphatic hydroxyl groups excluding tert-OH is 4. The molecule has 0 aliphatic carbocycles. The van der Waals surface area contributed by atoms with Crippen molar-refractivity contribution in [2.75, 3.05) is 6.61 Å². The van der Waals surface area contributed by atoms with Gasteiger partial charge in [-0.15, -0.1) is 0 Å². The monoisotopic (exact) mass is 656 g/mol. The smallest absolute Gasteiger partial charge is 0.249 e. The van der Waals surface area contributed by atoms with Crippen LogP contribution < -0.4 is 5.32 Å². The molecule has 0 aromatic heterocycles. The van der Waals surface area contributed by atoms with Gasteiger partial charge in [0.05, 0.1) is 18.8 Å². The summed E-state index contributed by atoms with van der Waals surface area (Å²) in [6.45, 7) is 6.38. The standard InChI is InChI=1S/C40H81NO5/c1-4-5-6-7-8-19-23-26-29-32-37(43)39(45)36(34-42)41-40(46)38(44)33-30-27-24-21-18-16-14-12-10-9-11-13-15-17-20-22-25-28-31-35(2)3/h35-39,42-45H,4-34H2,1-3H3,(H,41,46)/t36-,37+,38+,39-/m0/s1. The maximum atomic E-state index is 12.4. The third-order valence-corrected chi connectivity index (χ3v) is 9.75. The van der Waals surface area contributed by atoms with Gasteiger partial charge in [0.2, 0.25) is 5.91 Å². The quantitative estimate of drug-likeness (QED) is 0.0432. The van der Waals surface area contributed by atoms with Gasteiger partial charge in [-0.1, -0.05) is 201 Å². The van der Waals surface area contributed by atoms with Crippen LogP contribution in [0.5, 0.6) is 0 Å². The number of aliphatic hydroxyl groups is 4. The van der Waals surface area contributed by atoms with Gasteiger partial charge in [-0.05, 0) is 18.8 Å². The van der Waals surface area contributed by atoms with Crippen LogP contribution >= 0.6 is 0 Å². The van der Waals surface area contributed by atoms with E-state index in [9.17, 15) is 25.2 Å². The van der Waals surface area contributed by atoms with Gasteiger partial charge in [-0.3, -0.25) is 4.79 Å². The van der Waals surface area contributed by atoms with Crippen molar-refractivity contribution < 1.29 is 25.2 Å². The highest BCUT2D eigenvalue weighted by Gasteiger charge is 2.28. The van der Waals surface area contributed by atoms with E-state index in [0.717, 1.165) is 44.4 Å². The Hall–Kier alpha value is -0.690. The summed E-state index contributed by atoms with van der Waals surface area (Å²) < 4.78 is 0. The lowest BCUT2D eigenvalue weighted by atomic mass is 9.99. The summed E-state index contributed by atoms with van der Waals surface area (Å²) in [4.78, 5) is 12.4. The number of nitrogens with one attached hydrogen (secondary N) is 1. The normalized spacial score (nSPS) is 14.4. The predicted molar refractivity (Wildman–Crippen MR) is 196 cm³/mol. The van der Waals surface area contributed by atoms with Crippen molar-refractivity contribution in [3.05, 3.63) is 0 Å². The first-order valence-corrected chi connectivity index (χ1v) is 20.3. The Bertz CT molecular complexity index is 631. The summed E-state index contributed by atoms with van der Waals surface area (Å²) in [7, 11) is 0. The Morgan fingerprint density at radius 2 is 0.826 bits per heavy atom. The van der Waals surface area contributed by atoms with E-state index in [2.05, 4.69) is 26.1 Å². The van der Waals surface area contributed by atoms with Gasteiger partial charge in [0.25, 0.3) is 0 Å². The minimum Gasteiger partial charge on any atom is -0.394 e. The molecule has 4 atom stereocenters. The molecule has 46 heavy (non-hydrogen) atoms. The number of amides is 1. The predicted octanol–water partition coefficient (Wildman–Crippen LogP) is 9.93. The number of hydrogen-bond acceptors (Lipinski definition) is 5. The fourth-order valence-electron chi connectivity index (χ4n) is 6.47. The van der Waals surface area contributed by atoms with Crippen molar-refractivity contribution in [1.29, 1.82) is 0 Å². The molecule has 6 heteroatoms. The molecule has 0 saturated carbocycles. The molecule has 6 nitrogen and oxygen atoms in total. The van der Waals surface area contributed by atoms with Crippen molar-refractivity contribution in [3.63, 3.8) is 0 Å². The van der Waals surface area contributed by atoms with E-state index in [0.29, 0.717) is 12.8 Å². The van der Waals surface area contributed by atoms with Gasteiger partial charge in [0.15, 0.2) is 0 Å². The van der Waals surface area contributed by atoms with Crippen LogP contribution in [0, 0.1) is 5.92 Å². The highest BCUT2D eigenvalue weighted by molar-refractivity contribution is 5.80. The first-order chi connectivity index (χ1) is 22.3. The number of hydrogen-bond donors (Lipinski definition) is 5. The number of unbranched alkanes of at least 4 members (excludes halogenated alkanes) is 25. The van der Waals surface area contributed by atoms with Crippen molar-refractivity contribution in [2.24, 2.45) is 5.92 Å². The third-order valence-electron chi connectivity index (χ3n) is 9.75. The molecular formula is C40H81NO5. The minimum absolute atomic E-state index is 0.374. The molecule has 0 unspecified atom stereocenters. The molecule has 0 radical (unpaired) electrons. The largest absolute Gasteiger partial charge is 0.394 e. The lowest BCUT2D eigenvalue weighted by Crippen LogP contribution is -2.53. The average Bonchev–Trinajstić information content (AvgIpc) is 3.04. The van der Waals surface area contributed by atoms with Crippen LogP contribution in [0.2, 0.25) is 0 Å². The van der Waals surface area contributed by atoms with Gasteiger partial charge in [0, 0.05) is 0 Å². The van der Waals surface area contributed by atoms with E-state index in [4.69, 9.17) is 0 Å². The molecule has 0 bridgehead atoms. The second-order valence-electron chi connectivity index (χ2n) is 14.8. The van der Waals surface area contributed by atoms with Crippen molar-refractivity contribution in [1.82, 2.24) is 5.32 Å². The first kappa shape index (κ1) is 45.3. The fraction of sp³-hybridized carbons (Fsp3) is 0.975. The summed E-state index contributed by atoms with van der Waals surface area (Å²) >= 11 is 0. The van der Waals surface area contributed by atoms with Crippen LogP contribution in [-0.2, 0) is 4.79 Å². The first-order valence-electron chi connectivity index (χ1n) is 20.3. The Labute approximate surface area is 286 Å². The zero-order valence-electron chi connectivity index (χ0n) is 31.0. The molecule has 5 N–H and O–H groups in total. The minimum atomic E-state index is -1.25. The Kier molecular flexibility index (Phi) is 33.7. The Balaban J connectivity index is 3.66. The molecule has 276 valence electrons. The van der Waals surface area contributed by atoms with Gasteiger partial charge >= 0.3 is 0 Å². The number of rotatable bonds is 36. The lowest BCUT2D eigenvalue weighted by molar-refractivity contribution is -0.132. The second kappa shape index (κ2) is 34.2. The fourth-order valence-corrected chi connectivity index (χ4v) is 6.47. The molecule has 0 rings (SSSR count). The van der Waals surface area contributed by atoms with E-state index in [1.54, 1.807) is 0 Å². The molecule has 0 fully saturated rings. The molecular weight excluding hydrogens is 574 g/mol. The maximum absolute atomic E-state index is 12.4. The van der Waals surface area contributed by atoms with E-state index in [-0.39, 0.29) is 0 Å². The Morgan fingerprint density at radius 3 is 1.17 bits per heavy atom. The average molecular weight is 656 g/mol. The number of carbonyl (C=O) groups excluding carboxylic acids is 1. The van der Waals surface area contributed by atoms with E-state index in [1.807, 2.05) is 0 Å². The van der Waals surface area contributed by atoms with E-state index < -0.39 is 36.9 Å². The molecule has 0 aliphatic heterocycles. The lowest BCUT2D eigenvalue weighted by Gasteiger charge is -2.27. The van der Waals surface area contributed by atoms with Crippen LogP contribution in [0.4, 0.5) is 0 Å². The second-order valence-corrected chi connectivity index (χ2v) is 14.8. The van der Waals surface area contributed by atoms with E-state index in [1.165, 1.54) is 141 Å². The molecule has 0 spiro atoms. The maximum Gasteiger partial charge on any atom is 0.249 e. The van der Waals surface area contributed by atoms with Gasteiger partial charge < -0.3 is 25.7 Å². The zero-order valence-corrected chi connectivity index (χ0v) is 31.0. The van der Waals surface area contributed by atoms with Crippen molar-refractivity contribution in [3.8, 4) is 0 Å².